The molecule has 2 aliphatic carbocycles. The molecule has 0 spiro atoms. The van der Waals surface area contributed by atoms with E-state index in [0.29, 0.717) is 0 Å². The molecule has 0 aromatic rings. The average molecular weight is 195 g/mol. The molecule has 0 aromatic heterocycles. The van der Waals surface area contributed by atoms with Crippen LogP contribution in [0, 0.1) is 11.8 Å². The van der Waals surface area contributed by atoms with Crippen LogP contribution in [0.2, 0.25) is 0 Å². The van der Waals surface area contributed by atoms with Crippen molar-refractivity contribution in [2.75, 3.05) is 0 Å². The maximum atomic E-state index is 3.78. The fourth-order valence-electron chi connectivity index (χ4n) is 2.89. The summed E-state index contributed by atoms with van der Waals surface area (Å²) < 4.78 is 0. The van der Waals surface area contributed by atoms with Crippen LogP contribution in [0.4, 0.5) is 0 Å². The van der Waals surface area contributed by atoms with Crippen molar-refractivity contribution >= 4 is 0 Å². The number of rotatable bonds is 4. The Labute approximate surface area is 88.7 Å². The second-order valence-electron chi connectivity index (χ2n) is 5.44. The average Bonchev–Trinajstić information content (AvgIpc) is 3.01. The van der Waals surface area contributed by atoms with Crippen LogP contribution in [0.1, 0.15) is 58.8 Å². The van der Waals surface area contributed by atoms with Gasteiger partial charge in [0.15, 0.2) is 0 Å². The highest BCUT2D eigenvalue weighted by Gasteiger charge is 2.34. The minimum atomic E-state index is 0.720. The highest BCUT2D eigenvalue weighted by molar-refractivity contribution is 4.88. The first kappa shape index (κ1) is 10.5. The van der Waals surface area contributed by atoms with Gasteiger partial charge in [-0.1, -0.05) is 19.8 Å². The van der Waals surface area contributed by atoms with E-state index in [9.17, 15) is 0 Å². The molecule has 1 nitrogen and oxygen atoms in total. The molecule has 1 N–H and O–H groups in total. The van der Waals surface area contributed by atoms with Crippen molar-refractivity contribution in [2.45, 2.75) is 70.9 Å². The van der Waals surface area contributed by atoms with E-state index < -0.39 is 0 Å². The molecule has 0 radical (unpaired) electrons. The smallest absolute Gasteiger partial charge is 0.00722 e. The molecule has 0 aromatic carbocycles. The Hall–Kier alpha value is -0.0400. The minimum absolute atomic E-state index is 0.720. The van der Waals surface area contributed by atoms with Crippen molar-refractivity contribution in [2.24, 2.45) is 11.8 Å². The maximum Gasteiger partial charge on any atom is 0.00722 e. The second-order valence-corrected chi connectivity index (χ2v) is 5.44. The van der Waals surface area contributed by atoms with E-state index in [1.165, 1.54) is 44.9 Å². The van der Waals surface area contributed by atoms with Gasteiger partial charge in [-0.25, -0.2) is 0 Å². The predicted octanol–water partition coefficient (Wildman–Crippen LogP) is 3.34. The molecular formula is C13H25N. The van der Waals surface area contributed by atoms with Crippen LogP contribution >= 0.6 is 0 Å². The molecule has 14 heavy (non-hydrogen) atoms. The van der Waals surface area contributed by atoms with Crippen molar-refractivity contribution in [3.05, 3.63) is 0 Å². The number of hydrogen-bond donors (Lipinski definition) is 1. The highest BCUT2D eigenvalue weighted by Crippen LogP contribution is 2.43. The lowest BCUT2D eigenvalue weighted by Crippen LogP contribution is -2.39. The van der Waals surface area contributed by atoms with Gasteiger partial charge in [-0.3, -0.25) is 0 Å². The van der Waals surface area contributed by atoms with Gasteiger partial charge in [-0.05, 0) is 50.9 Å². The molecule has 82 valence electrons. The Kier molecular flexibility index (Phi) is 3.48. The number of nitrogens with one attached hydrogen (secondary N) is 1. The zero-order valence-electron chi connectivity index (χ0n) is 9.76. The molecule has 3 atom stereocenters. The van der Waals surface area contributed by atoms with Crippen LogP contribution in [0.15, 0.2) is 0 Å². The van der Waals surface area contributed by atoms with Gasteiger partial charge < -0.3 is 5.32 Å². The first-order chi connectivity index (χ1) is 6.79. The Morgan fingerprint density at radius 1 is 1.14 bits per heavy atom. The summed E-state index contributed by atoms with van der Waals surface area (Å²) in [6.07, 6.45) is 10.2. The van der Waals surface area contributed by atoms with Crippen molar-refractivity contribution < 1.29 is 0 Å². The summed E-state index contributed by atoms with van der Waals surface area (Å²) >= 11 is 0. The van der Waals surface area contributed by atoms with Gasteiger partial charge in [0.25, 0.3) is 0 Å². The molecule has 0 aliphatic heterocycles. The van der Waals surface area contributed by atoms with Gasteiger partial charge >= 0.3 is 0 Å². The summed E-state index contributed by atoms with van der Waals surface area (Å²) in [5.41, 5.74) is 0. The zero-order valence-corrected chi connectivity index (χ0v) is 9.76. The summed E-state index contributed by atoms with van der Waals surface area (Å²) in [5.74, 6) is 2.20. The van der Waals surface area contributed by atoms with Crippen LogP contribution in [-0.4, -0.2) is 12.1 Å². The minimum Gasteiger partial charge on any atom is -0.312 e. The Bertz CT molecular complexity index is 174. The Morgan fingerprint density at radius 2 is 1.93 bits per heavy atom. The van der Waals surface area contributed by atoms with Gasteiger partial charge in [0.2, 0.25) is 0 Å². The summed E-state index contributed by atoms with van der Waals surface area (Å²) in [6.45, 7) is 4.60. The molecule has 0 bridgehead atoms. The molecule has 2 fully saturated rings. The number of hydrogen-bond acceptors (Lipinski definition) is 1. The molecule has 2 rings (SSSR count). The van der Waals surface area contributed by atoms with Gasteiger partial charge in [0.1, 0.15) is 0 Å². The summed E-state index contributed by atoms with van der Waals surface area (Å²) in [4.78, 5) is 0. The molecule has 3 unspecified atom stereocenters. The van der Waals surface area contributed by atoms with Crippen LogP contribution < -0.4 is 5.32 Å². The topological polar surface area (TPSA) is 12.0 Å². The molecule has 0 amide bonds. The lowest BCUT2D eigenvalue weighted by Gasteiger charge is -2.31. The maximum absolute atomic E-state index is 3.78. The van der Waals surface area contributed by atoms with Crippen molar-refractivity contribution in [3.8, 4) is 0 Å². The molecule has 2 aliphatic rings. The van der Waals surface area contributed by atoms with E-state index in [4.69, 9.17) is 0 Å². The third kappa shape index (κ3) is 2.73. The van der Waals surface area contributed by atoms with E-state index in [1.54, 1.807) is 0 Å². The third-order valence-electron chi connectivity index (χ3n) is 4.14. The monoisotopic (exact) mass is 195 g/mol. The quantitative estimate of drug-likeness (QED) is 0.725. The lowest BCUT2D eigenvalue weighted by atomic mass is 9.82. The fourth-order valence-corrected chi connectivity index (χ4v) is 2.89. The van der Waals surface area contributed by atoms with Crippen LogP contribution in [0.3, 0.4) is 0 Å². The van der Waals surface area contributed by atoms with Crippen molar-refractivity contribution in [1.82, 2.24) is 5.32 Å². The Morgan fingerprint density at radius 3 is 2.57 bits per heavy atom. The van der Waals surface area contributed by atoms with Crippen LogP contribution in [-0.2, 0) is 0 Å². The SMILES string of the molecule is CCC(C)NC1CCCC(C2CC2)C1. The van der Waals surface area contributed by atoms with Crippen molar-refractivity contribution in [3.63, 3.8) is 0 Å². The molecule has 1 heteroatoms. The van der Waals surface area contributed by atoms with Gasteiger partial charge in [-0.15, -0.1) is 0 Å². The fraction of sp³-hybridized carbons (Fsp3) is 1.00. The summed E-state index contributed by atoms with van der Waals surface area (Å²) in [6, 6.07) is 1.56. The standard InChI is InChI=1S/C13H25N/c1-3-10(2)14-13-6-4-5-12(9-13)11-7-8-11/h10-14H,3-9H2,1-2H3. The zero-order chi connectivity index (χ0) is 9.97. The molecule has 0 heterocycles. The summed E-state index contributed by atoms with van der Waals surface area (Å²) in [7, 11) is 0. The highest BCUT2D eigenvalue weighted by atomic mass is 14.9. The molecule has 2 saturated carbocycles. The third-order valence-corrected chi connectivity index (χ3v) is 4.14. The van der Waals surface area contributed by atoms with Crippen LogP contribution in [0.25, 0.3) is 0 Å². The van der Waals surface area contributed by atoms with Crippen LogP contribution in [0.5, 0.6) is 0 Å². The molecular weight excluding hydrogens is 170 g/mol. The van der Waals surface area contributed by atoms with Gasteiger partial charge in [0, 0.05) is 12.1 Å². The van der Waals surface area contributed by atoms with Gasteiger partial charge in [0.05, 0.1) is 0 Å². The van der Waals surface area contributed by atoms with Gasteiger partial charge in [-0.2, -0.15) is 0 Å². The van der Waals surface area contributed by atoms with E-state index >= 15 is 0 Å². The normalized spacial score (nSPS) is 35.6. The largest absolute Gasteiger partial charge is 0.312 e. The van der Waals surface area contributed by atoms with E-state index in [0.717, 1.165) is 23.9 Å². The lowest BCUT2D eigenvalue weighted by molar-refractivity contribution is 0.247. The summed E-state index contributed by atoms with van der Waals surface area (Å²) in [5, 5.41) is 3.78. The van der Waals surface area contributed by atoms with E-state index in [-0.39, 0.29) is 0 Å². The molecule has 0 saturated heterocycles. The second kappa shape index (κ2) is 4.65. The predicted molar refractivity (Wildman–Crippen MR) is 61.4 cm³/mol. The first-order valence-electron chi connectivity index (χ1n) is 6.55. The van der Waals surface area contributed by atoms with E-state index in [2.05, 4.69) is 19.2 Å². The Balaban J connectivity index is 1.75. The van der Waals surface area contributed by atoms with E-state index in [1.807, 2.05) is 0 Å². The first-order valence-corrected chi connectivity index (χ1v) is 6.55. The van der Waals surface area contributed by atoms with Crippen molar-refractivity contribution in [1.29, 1.82) is 0 Å².